The lowest BCUT2D eigenvalue weighted by Gasteiger charge is -2.26. The van der Waals surface area contributed by atoms with Crippen molar-refractivity contribution in [2.24, 2.45) is 5.92 Å². The predicted octanol–water partition coefficient (Wildman–Crippen LogP) is 2.74. The van der Waals surface area contributed by atoms with Gasteiger partial charge in [0.1, 0.15) is 0 Å². The van der Waals surface area contributed by atoms with E-state index in [9.17, 15) is 0 Å². The van der Waals surface area contributed by atoms with Crippen molar-refractivity contribution < 1.29 is 4.74 Å². The fourth-order valence-corrected chi connectivity index (χ4v) is 3.11. The van der Waals surface area contributed by atoms with Gasteiger partial charge in [0.15, 0.2) is 0 Å². The van der Waals surface area contributed by atoms with Crippen molar-refractivity contribution in [2.75, 3.05) is 13.7 Å². The summed E-state index contributed by atoms with van der Waals surface area (Å²) in [6, 6.07) is 2.57. The molecule has 1 saturated heterocycles. The van der Waals surface area contributed by atoms with Crippen LogP contribution in [0.1, 0.15) is 29.8 Å². The molecule has 2 nitrogen and oxygen atoms in total. The van der Waals surface area contributed by atoms with Crippen LogP contribution in [0, 0.1) is 12.8 Å². The third-order valence-electron chi connectivity index (χ3n) is 3.32. The van der Waals surface area contributed by atoms with E-state index in [4.69, 9.17) is 4.74 Å². The molecule has 0 spiro atoms. The molecule has 3 heteroatoms. The standard InChI is InChI=1S/C12H19NOS/c1-8-4-6-14-12(8)11(13-3)10-5-7-15-9(10)2/h5,7-8,11-13H,4,6H2,1-3H3. The van der Waals surface area contributed by atoms with Gasteiger partial charge < -0.3 is 10.1 Å². The van der Waals surface area contributed by atoms with Crippen LogP contribution in [0.3, 0.4) is 0 Å². The third-order valence-corrected chi connectivity index (χ3v) is 4.18. The van der Waals surface area contributed by atoms with E-state index in [1.54, 1.807) is 0 Å². The second-order valence-corrected chi connectivity index (χ2v) is 5.42. The molecule has 1 aliphatic heterocycles. The molecule has 2 rings (SSSR count). The molecule has 1 aliphatic rings. The Balaban J connectivity index is 2.20. The molecule has 15 heavy (non-hydrogen) atoms. The molecule has 3 unspecified atom stereocenters. The highest BCUT2D eigenvalue weighted by atomic mass is 32.1. The van der Waals surface area contributed by atoms with Gasteiger partial charge >= 0.3 is 0 Å². The maximum atomic E-state index is 5.84. The van der Waals surface area contributed by atoms with E-state index in [-0.39, 0.29) is 0 Å². The summed E-state index contributed by atoms with van der Waals surface area (Å²) in [7, 11) is 2.02. The Morgan fingerprint density at radius 1 is 1.60 bits per heavy atom. The van der Waals surface area contributed by atoms with Crippen LogP contribution < -0.4 is 5.32 Å². The molecule has 1 aromatic rings. The first-order valence-corrected chi connectivity index (χ1v) is 6.45. The van der Waals surface area contributed by atoms with Crippen LogP contribution in [0.2, 0.25) is 0 Å². The van der Waals surface area contributed by atoms with Crippen molar-refractivity contribution in [2.45, 2.75) is 32.4 Å². The van der Waals surface area contributed by atoms with Gasteiger partial charge in [0.2, 0.25) is 0 Å². The Morgan fingerprint density at radius 2 is 2.40 bits per heavy atom. The fourth-order valence-electron chi connectivity index (χ4n) is 2.36. The van der Waals surface area contributed by atoms with E-state index in [1.165, 1.54) is 16.9 Å². The van der Waals surface area contributed by atoms with Crippen molar-refractivity contribution in [3.63, 3.8) is 0 Å². The van der Waals surface area contributed by atoms with Gasteiger partial charge in [0.05, 0.1) is 12.1 Å². The summed E-state index contributed by atoms with van der Waals surface area (Å²) in [4.78, 5) is 1.40. The zero-order chi connectivity index (χ0) is 10.8. The van der Waals surface area contributed by atoms with Gasteiger partial charge in [-0.1, -0.05) is 6.92 Å². The van der Waals surface area contributed by atoms with Gasteiger partial charge in [-0.2, -0.15) is 0 Å². The molecule has 0 radical (unpaired) electrons. The van der Waals surface area contributed by atoms with Crippen molar-refractivity contribution in [1.29, 1.82) is 0 Å². The SMILES string of the molecule is CNC(c1ccsc1C)C1OCCC1C. The number of ether oxygens (including phenoxy) is 1. The molecular formula is C12H19NOS. The Kier molecular flexibility index (Phi) is 3.44. The van der Waals surface area contributed by atoms with Gasteiger partial charge in [-0.05, 0) is 43.3 Å². The fraction of sp³-hybridized carbons (Fsp3) is 0.667. The number of hydrogen-bond donors (Lipinski definition) is 1. The number of thiophene rings is 1. The number of hydrogen-bond acceptors (Lipinski definition) is 3. The lowest BCUT2D eigenvalue weighted by atomic mass is 9.93. The summed E-state index contributed by atoms with van der Waals surface area (Å²) in [5.41, 5.74) is 1.40. The topological polar surface area (TPSA) is 21.3 Å². The highest BCUT2D eigenvalue weighted by Gasteiger charge is 2.32. The molecule has 84 valence electrons. The number of nitrogens with one attached hydrogen (secondary N) is 1. The second-order valence-electron chi connectivity index (χ2n) is 4.30. The summed E-state index contributed by atoms with van der Waals surface area (Å²) < 4.78 is 5.84. The monoisotopic (exact) mass is 225 g/mol. The van der Waals surface area contributed by atoms with Crippen LogP contribution in [-0.2, 0) is 4.74 Å². The van der Waals surface area contributed by atoms with Crippen molar-refractivity contribution >= 4 is 11.3 Å². The first-order valence-electron chi connectivity index (χ1n) is 5.57. The lowest BCUT2D eigenvalue weighted by Crippen LogP contribution is -2.32. The largest absolute Gasteiger partial charge is 0.376 e. The van der Waals surface area contributed by atoms with Crippen LogP contribution in [0.25, 0.3) is 0 Å². The first-order chi connectivity index (χ1) is 7.24. The van der Waals surface area contributed by atoms with Crippen molar-refractivity contribution in [3.8, 4) is 0 Å². The van der Waals surface area contributed by atoms with Gasteiger partial charge in [-0.15, -0.1) is 11.3 Å². The maximum Gasteiger partial charge on any atom is 0.0796 e. The molecule has 1 aromatic heterocycles. The van der Waals surface area contributed by atoms with E-state index in [2.05, 4.69) is 30.6 Å². The normalized spacial score (nSPS) is 28.2. The summed E-state index contributed by atoms with van der Waals surface area (Å²) in [6.07, 6.45) is 1.52. The molecule has 1 fully saturated rings. The highest BCUT2D eigenvalue weighted by Crippen LogP contribution is 2.33. The van der Waals surface area contributed by atoms with Gasteiger partial charge in [0.25, 0.3) is 0 Å². The third kappa shape index (κ3) is 2.10. The predicted molar refractivity (Wildman–Crippen MR) is 64.4 cm³/mol. The van der Waals surface area contributed by atoms with E-state index in [0.29, 0.717) is 18.1 Å². The Hall–Kier alpha value is -0.380. The molecule has 0 aliphatic carbocycles. The minimum Gasteiger partial charge on any atom is -0.376 e. The second kappa shape index (κ2) is 4.64. The molecule has 3 atom stereocenters. The van der Waals surface area contributed by atoms with Crippen LogP contribution in [-0.4, -0.2) is 19.8 Å². The average Bonchev–Trinajstić information content (AvgIpc) is 2.80. The number of aryl methyl sites for hydroxylation is 1. The Bertz CT molecular complexity index is 323. The summed E-state index contributed by atoms with van der Waals surface area (Å²) in [6.45, 7) is 5.38. The van der Waals surface area contributed by atoms with E-state index < -0.39 is 0 Å². The smallest absolute Gasteiger partial charge is 0.0796 e. The minimum atomic E-state index is 0.336. The first kappa shape index (κ1) is 11.1. The van der Waals surface area contributed by atoms with Crippen LogP contribution in [0.4, 0.5) is 0 Å². The van der Waals surface area contributed by atoms with E-state index in [0.717, 1.165) is 6.61 Å². The Morgan fingerprint density at radius 3 is 2.87 bits per heavy atom. The molecule has 2 heterocycles. The number of rotatable bonds is 3. The Labute approximate surface area is 95.6 Å². The van der Waals surface area contributed by atoms with Crippen LogP contribution >= 0.6 is 11.3 Å². The van der Waals surface area contributed by atoms with Gasteiger partial charge in [-0.25, -0.2) is 0 Å². The van der Waals surface area contributed by atoms with E-state index >= 15 is 0 Å². The minimum absolute atomic E-state index is 0.336. The molecule has 1 N–H and O–H groups in total. The van der Waals surface area contributed by atoms with Gasteiger partial charge in [-0.3, -0.25) is 0 Å². The lowest BCUT2D eigenvalue weighted by molar-refractivity contribution is 0.0631. The zero-order valence-corrected chi connectivity index (χ0v) is 10.4. The molecule has 0 bridgehead atoms. The zero-order valence-electron chi connectivity index (χ0n) is 9.62. The molecule has 0 aromatic carbocycles. The maximum absolute atomic E-state index is 5.84. The quantitative estimate of drug-likeness (QED) is 0.854. The van der Waals surface area contributed by atoms with Gasteiger partial charge in [0, 0.05) is 11.5 Å². The summed E-state index contributed by atoms with van der Waals surface area (Å²) >= 11 is 1.81. The van der Waals surface area contributed by atoms with Crippen molar-refractivity contribution in [3.05, 3.63) is 21.9 Å². The molecular weight excluding hydrogens is 206 g/mol. The van der Waals surface area contributed by atoms with Crippen LogP contribution in [0.5, 0.6) is 0 Å². The molecule has 0 saturated carbocycles. The van der Waals surface area contributed by atoms with Crippen LogP contribution in [0.15, 0.2) is 11.4 Å². The van der Waals surface area contributed by atoms with Crippen molar-refractivity contribution in [1.82, 2.24) is 5.32 Å². The highest BCUT2D eigenvalue weighted by molar-refractivity contribution is 7.10. The average molecular weight is 225 g/mol. The summed E-state index contributed by atoms with van der Waals surface area (Å²) in [5, 5.41) is 5.56. The number of likely N-dealkylation sites (N-methyl/N-ethyl adjacent to an activating group) is 1. The molecule has 0 amide bonds. The summed E-state index contributed by atoms with van der Waals surface area (Å²) in [5.74, 6) is 0.654. The van der Waals surface area contributed by atoms with E-state index in [1.807, 2.05) is 18.4 Å².